The van der Waals surface area contributed by atoms with Gasteiger partial charge in [0.05, 0.1) is 19.6 Å². The van der Waals surface area contributed by atoms with E-state index in [0.717, 1.165) is 22.2 Å². The number of rotatable bonds is 7. The summed E-state index contributed by atoms with van der Waals surface area (Å²) in [6.45, 7) is 2.76. The van der Waals surface area contributed by atoms with E-state index in [1.165, 1.54) is 0 Å². The molecule has 1 aromatic heterocycles. The van der Waals surface area contributed by atoms with E-state index in [-0.39, 0.29) is 19.0 Å². The highest BCUT2D eigenvalue weighted by molar-refractivity contribution is 5.88. The number of ether oxygens (including phenoxy) is 2. The lowest BCUT2D eigenvalue weighted by molar-refractivity contribution is -0.142. The van der Waals surface area contributed by atoms with Gasteiger partial charge in [0.1, 0.15) is 5.75 Å². The van der Waals surface area contributed by atoms with E-state index in [4.69, 9.17) is 14.6 Å². The van der Waals surface area contributed by atoms with Gasteiger partial charge in [-0.25, -0.2) is 0 Å². The molecule has 0 saturated carbocycles. The average Bonchev–Trinajstić information content (AvgIpc) is 2.82. The summed E-state index contributed by atoms with van der Waals surface area (Å²) in [5.41, 5.74) is 1.85. The quantitative estimate of drug-likeness (QED) is 0.600. The first-order chi connectivity index (χ1) is 9.74. The van der Waals surface area contributed by atoms with Crippen LogP contribution in [0.3, 0.4) is 0 Å². The zero-order chi connectivity index (χ0) is 14.4. The van der Waals surface area contributed by atoms with Crippen molar-refractivity contribution in [3.63, 3.8) is 0 Å². The summed E-state index contributed by atoms with van der Waals surface area (Å²) in [6, 6.07) is 5.68. The molecular formula is C15H19NO4. The van der Waals surface area contributed by atoms with E-state index in [1.807, 2.05) is 24.4 Å². The number of fused-ring (bicyclic) bond motifs is 1. The molecule has 20 heavy (non-hydrogen) atoms. The predicted octanol–water partition coefficient (Wildman–Crippen LogP) is 2.03. The molecule has 1 aromatic carbocycles. The number of hydrogen-bond acceptors (Lipinski definition) is 4. The summed E-state index contributed by atoms with van der Waals surface area (Å²) in [5, 5.41) is 9.70. The molecule has 2 N–H and O–H groups in total. The zero-order valence-electron chi connectivity index (χ0n) is 11.5. The fourth-order valence-electron chi connectivity index (χ4n) is 2.02. The molecule has 0 aliphatic heterocycles. The number of nitrogens with one attached hydrogen (secondary N) is 1. The molecule has 0 spiro atoms. The molecule has 0 unspecified atom stereocenters. The van der Waals surface area contributed by atoms with Crippen LogP contribution in [0.2, 0.25) is 0 Å². The van der Waals surface area contributed by atoms with Crippen molar-refractivity contribution in [2.75, 3.05) is 19.8 Å². The lowest BCUT2D eigenvalue weighted by atomic mass is 10.1. The Labute approximate surface area is 117 Å². The Morgan fingerprint density at radius 2 is 2.25 bits per heavy atom. The molecule has 2 aromatic rings. The summed E-state index contributed by atoms with van der Waals surface area (Å²) in [4.78, 5) is 14.7. The number of aliphatic hydroxyl groups excluding tert-OH is 1. The van der Waals surface area contributed by atoms with E-state index >= 15 is 0 Å². The maximum atomic E-state index is 11.6. The molecule has 5 nitrogen and oxygen atoms in total. The normalized spacial score (nSPS) is 10.7. The van der Waals surface area contributed by atoms with Crippen LogP contribution in [0.15, 0.2) is 24.4 Å². The summed E-state index contributed by atoms with van der Waals surface area (Å²) in [7, 11) is 0. The van der Waals surface area contributed by atoms with Crippen molar-refractivity contribution in [2.45, 2.75) is 19.8 Å². The molecule has 0 saturated heterocycles. The maximum Gasteiger partial charge on any atom is 0.310 e. The van der Waals surface area contributed by atoms with Gasteiger partial charge in [0, 0.05) is 30.1 Å². The number of aromatic amines is 1. The molecule has 1 heterocycles. The second-order valence-electron chi connectivity index (χ2n) is 4.43. The molecule has 0 radical (unpaired) electrons. The predicted molar refractivity (Wildman–Crippen MR) is 75.8 cm³/mol. The number of H-pyrrole nitrogens is 1. The highest BCUT2D eigenvalue weighted by atomic mass is 16.5. The molecule has 0 aliphatic carbocycles. The van der Waals surface area contributed by atoms with Crippen molar-refractivity contribution >= 4 is 16.9 Å². The maximum absolute atomic E-state index is 11.6. The van der Waals surface area contributed by atoms with Crippen molar-refractivity contribution in [1.82, 2.24) is 4.98 Å². The van der Waals surface area contributed by atoms with E-state index in [9.17, 15) is 4.79 Å². The monoisotopic (exact) mass is 277 g/mol. The SMILES string of the molecule is CCOC(=O)Cc1c[nH]c2ccc(OCCCO)cc12. The lowest BCUT2D eigenvalue weighted by Gasteiger charge is -2.06. The number of esters is 1. The van der Waals surface area contributed by atoms with E-state index < -0.39 is 0 Å². The molecule has 108 valence electrons. The number of benzene rings is 1. The first-order valence-corrected chi connectivity index (χ1v) is 6.74. The van der Waals surface area contributed by atoms with Crippen LogP contribution in [-0.2, 0) is 16.0 Å². The van der Waals surface area contributed by atoms with E-state index in [1.54, 1.807) is 6.92 Å². The molecule has 0 bridgehead atoms. The fourth-order valence-corrected chi connectivity index (χ4v) is 2.02. The number of hydrogen-bond donors (Lipinski definition) is 2. The minimum atomic E-state index is -0.236. The Bertz CT molecular complexity index is 576. The molecule has 0 atom stereocenters. The smallest absolute Gasteiger partial charge is 0.310 e. The minimum Gasteiger partial charge on any atom is -0.493 e. The fraction of sp³-hybridized carbons (Fsp3) is 0.400. The van der Waals surface area contributed by atoms with Gasteiger partial charge in [-0.15, -0.1) is 0 Å². The first-order valence-electron chi connectivity index (χ1n) is 6.74. The molecule has 0 amide bonds. The van der Waals surface area contributed by atoms with Crippen molar-refractivity contribution in [3.8, 4) is 5.75 Å². The van der Waals surface area contributed by atoms with Gasteiger partial charge >= 0.3 is 5.97 Å². The molecule has 0 aliphatic rings. The second-order valence-corrected chi connectivity index (χ2v) is 4.43. The topological polar surface area (TPSA) is 71.6 Å². The third kappa shape index (κ3) is 3.51. The summed E-state index contributed by atoms with van der Waals surface area (Å²) in [5.74, 6) is 0.496. The summed E-state index contributed by atoms with van der Waals surface area (Å²) < 4.78 is 10.5. The highest BCUT2D eigenvalue weighted by Gasteiger charge is 2.10. The van der Waals surface area contributed by atoms with Crippen LogP contribution in [0.25, 0.3) is 10.9 Å². The van der Waals surface area contributed by atoms with Gasteiger partial charge in [-0.2, -0.15) is 0 Å². The van der Waals surface area contributed by atoms with Gasteiger partial charge in [-0.3, -0.25) is 4.79 Å². The van der Waals surface area contributed by atoms with Crippen LogP contribution in [0.4, 0.5) is 0 Å². The lowest BCUT2D eigenvalue weighted by Crippen LogP contribution is -2.07. The van der Waals surface area contributed by atoms with Crippen LogP contribution < -0.4 is 4.74 Å². The Morgan fingerprint density at radius 1 is 1.40 bits per heavy atom. The van der Waals surface area contributed by atoms with Crippen molar-refractivity contribution < 1.29 is 19.4 Å². The largest absolute Gasteiger partial charge is 0.493 e. The molecule has 0 fully saturated rings. The van der Waals surface area contributed by atoms with Gasteiger partial charge in [-0.05, 0) is 30.7 Å². The van der Waals surface area contributed by atoms with Crippen LogP contribution in [0.5, 0.6) is 5.75 Å². The summed E-state index contributed by atoms with van der Waals surface area (Å²) in [6.07, 6.45) is 2.66. The highest BCUT2D eigenvalue weighted by Crippen LogP contribution is 2.24. The Kier molecular flexibility index (Phi) is 5.01. The Hall–Kier alpha value is -2.01. The number of carbonyl (C=O) groups is 1. The van der Waals surface area contributed by atoms with Crippen LogP contribution >= 0.6 is 0 Å². The van der Waals surface area contributed by atoms with Crippen molar-refractivity contribution in [3.05, 3.63) is 30.0 Å². The van der Waals surface area contributed by atoms with Gasteiger partial charge in [0.15, 0.2) is 0 Å². The van der Waals surface area contributed by atoms with E-state index in [0.29, 0.717) is 19.6 Å². The van der Waals surface area contributed by atoms with Gasteiger partial charge in [0.2, 0.25) is 0 Å². The second kappa shape index (κ2) is 6.96. The molecule has 2 rings (SSSR count). The van der Waals surface area contributed by atoms with Crippen molar-refractivity contribution in [1.29, 1.82) is 0 Å². The first kappa shape index (κ1) is 14.4. The Morgan fingerprint density at radius 3 is 3.00 bits per heavy atom. The third-order valence-electron chi connectivity index (χ3n) is 2.95. The van der Waals surface area contributed by atoms with Gasteiger partial charge in [0.25, 0.3) is 0 Å². The van der Waals surface area contributed by atoms with Gasteiger partial charge < -0.3 is 19.6 Å². The zero-order valence-corrected chi connectivity index (χ0v) is 11.5. The average molecular weight is 277 g/mol. The minimum absolute atomic E-state index is 0.112. The number of carbonyl (C=O) groups excluding carboxylic acids is 1. The number of aliphatic hydroxyl groups is 1. The van der Waals surface area contributed by atoms with Gasteiger partial charge in [-0.1, -0.05) is 0 Å². The summed E-state index contributed by atoms with van der Waals surface area (Å²) >= 11 is 0. The van der Waals surface area contributed by atoms with E-state index in [2.05, 4.69) is 4.98 Å². The van der Waals surface area contributed by atoms with Crippen molar-refractivity contribution in [2.24, 2.45) is 0 Å². The molecular weight excluding hydrogens is 258 g/mol. The van der Waals surface area contributed by atoms with Crippen LogP contribution in [0, 0.1) is 0 Å². The van der Waals surface area contributed by atoms with Crippen LogP contribution in [0.1, 0.15) is 18.9 Å². The Balaban J connectivity index is 2.14. The molecule has 5 heteroatoms. The third-order valence-corrected chi connectivity index (χ3v) is 2.95. The standard InChI is InChI=1S/C15H19NO4/c1-2-19-15(18)8-11-10-16-14-5-4-12(9-13(11)14)20-7-3-6-17/h4-5,9-10,16-17H,2-3,6-8H2,1H3. The number of aromatic nitrogens is 1. The van der Waals surface area contributed by atoms with Crippen LogP contribution in [-0.4, -0.2) is 35.9 Å².